The largest absolute Gasteiger partial charge is 0.534 e. The maximum Gasteiger partial charge on any atom is 0.534 e. The Kier molecular flexibility index (Phi) is 7.29. The fourth-order valence-corrected chi connectivity index (χ4v) is 3.03. The van der Waals surface area contributed by atoms with Crippen molar-refractivity contribution >= 4 is 15.9 Å². The minimum atomic E-state index is -5.70. The number of carbonyl (C=O) groups is 1. The molecule has 1 unspecified atom stereocenters. The Balaban J connectivity index is 1.93. The fourth-order valence-electron chi connectivity index (χ4n) is 2.57. The van der Waals surface area contributed by atoms with Crippen LogP contribution in [0.3, 0.4) is 0 Å². The van der Waals surface area contributed by atoms with E-state index in [0.29, 0.717) is 18.6 Å². The van der Waals surface area contributed by atoms with Crippen LogP contribution in [0.5, 0.6) is 11.5 Å². The molecule has 0 saturated carbocycles. The monoisotopic (exact) mass is 430 g/mol. The van der Waals surface area contributed by atoms with E-state index < -0.39 is 21.4 Å². The van der Waals surface area contributed by atoms with Gasteiger partial charge in [0.25, 0.3) is 0 Å². The van der Waals surface area contributed by atoms with Crippen molar-refractivity contribution < 1.29 is 35.3 Å². The van der Waals surface area contributed by atoms with Crippen LogP contribution in [0.4, 0.5) is 13.2 Å². The molecule has 0 aliphatic heterocycles. The molecule has 9 heteroatoms. The maximum absolute atomic E-state index is 12.4. The lowest BCUT2D eigenvalue weighted by atomic mass is 9.93. The Morgan fingerprint density at radius 2 is 1.55 bits per heavy atom. The molecule has 0 aliphatic carbocycles. The van der Waals surface area contributed by atoms with Gasteiger partial charge in [-0.3, -0.25) is 4.79 Å². The number of ether oxygens (including phenoxy) is 1. The van der Waals surface area contributed by atoms with Gasteiger partial charge in [0, 0.05) is 12.3 Å². The summed E-state index contributed by atoms with van der Waals surface area (Å²) in [7, 11) is -5.70. The molecule has 0 radical (unpaired) electrons. The summed E-state index contributed by atoms with van der Waals surface area (Å²) in [5, 5.41) is 0. The number of benzene rings is 2. The Hall–Kier alpha value is -2.55. The predicted octanol–water partition coefficient (Wildman–Crippen LogP) is 4.62. The number of carbonyl (C=O) groups excluding carboxylic acids is 1. The molecule has 0 saturated heterocycles. The van der Waals surface area contributed by atoms with E-state index in [-0.39, 0.29) is 18.1 Å². The molecule has 0 aromatic heterocycles. The summed E-state index contributed by atoms with van der Waals surface area (Å²) < 4.78 is 68.4. The van der Waals surface area contributed by atoms with E-state index in [1.807, 2.05) is 19.1 Å². The molecule has 5 nitrogen and oxygen atoms in total. The van der Waals surface area contributed by atoms with E-state index >= 15 is 0 Å². The smallest absolute Gasteiger partial charge is 0.494 e. The zero-order chi connectivity index (χ0) is 21.7. The van der Waals surface area contributed by atoms with Crippen LogP contribution in [0.1, 0.15) is 37.3 Å². The summed E-state index contributed by atoms with van der Waals surface area (Å²) in [6.45, 7) is 4.24. The van der Waals surface area contributed by atoms with Crippen molar-refractivity contribution in [3.8, 4) is 11.5 Å². The minimum absolute atomic E-state index is 0.00846. The number of halogens is 3. The highest BCUT2D eigenvalue weighted by Gasteiger charge is 2.48. The molecule has 0 amide bonds. The fraction of sp³-hybridized carbons (Fsp3) is 0.350. The van der Waals surface area contributed by atoms with Gasteiger partial charge >= 0.3 is 15.6 Å². The Morgan fingerprint density at radius 1 is 1.00 bits per heavy atom. The van der Waals surface area contributed by atoms with Gasteiger partial charge in [0.15, 0.2) is 0 Å². The van der Waals surface area contributed by atoms with Crippen molar-refractivity contribution in [2.45, 2.75) is 38.1 Å². The van der Waals surface area contributed by atoms with Crippen LogP contribution in [-0.4, -0.2) is 26.3 Å². The molecule has 0 spiro atoms. The number of aryl methyl sites for hydroxylation is 1. The van der Waals surface area contributed by atoms with Crippen molar-refractivity contribution in [1.82, 2.24) is 0 Å². The second-order valence-corrected chi connectivity index (χ2v) is 7.86. The van der Waals surface area contributed by atoms with Gasteiger partial charge in [0.2, 0.25) is 0 Å². The van der Waals surface area contributed by atoms with Gasteiger partial charge in [-0.15, -0.1) is 0 Å². The van der Waals surface area contributed by atoms with E-state index in [1.54, 1.807) is 19.1 Å². The second kappa shape index (κ2) is 9.30. The van der Waals surface area contributed by atoms with Crippen LogP contribution in [0.2, 0.25) is 0 Å². The zero-order valence-electron chi connectivity index (χ0n) is 15.9. The van der Waals surface area contributed by atoms with Gasteiger partial charge in [0.05, 0.1) is 6.61 Å². The van der Waals surface area contributed by atoms with Crippen LogP contribution in [-0.2, 0) is 21.3 Å². The second-order valence-electron chi connectivity index (χ2n) is 6.32. The molecule has 29 heavy (non-hydrogen) atoms. The average Bonchev–Trinajstić information content (AvgIpc) is 2.66. The van der Waals surface area contributed by atoms with Crippen molar-refractivity contribution in [2.24, 2.45) is 0 Å². The predicted molar refractivity (Wildman–Crippen MR) is 101 cm³/mol. The molecule has 158 valence electrons. The summed E-state index contributed by atoms with van der Waals surface area (Å²) in [5.41, 5.74) is -3.96. The van der Waals surface area contributed by atoms with E-state index in [9.17, 15) is 26.4 Å². The van der Waals surface area contributed by atoms with E-state index in [2.05, 4.69) is 4.18 Å². The van der Waals surface area contributed by atoms with E-state index in [4.69, 9.17) is 4.74 Å². The molecule has 1 atom stereocenters. The molecule has 2 rings (SSSR count). The summed E-state index contributed by atoms with van der Waals surface area (Å²) in [4.78, 5) is 12.4. The highest BCUT2D eigenvalue weighted by Crippen LogP contribution is 2.27. The molecule has 2 aromatic rings. The first-order valence-electron chi connectivity index (χ1n) is 8.88. The standard InChI is InChI=1S/C20H21F3O5S/c1-3-27-17-11-7-16(8-12-17)14(2)19(24)13-6-15-4-9-18(10-5-15)28-29(25,26)20(21,22)23/h4-5,7-12,14H,3,6,13H2,1-2H3. The van der Waals surface area contributed by atoms with E-state index in [0.717, 1.165) is 23.4 Å². The van der Waals surface area contributed by atoms with Crippen molar-refractivity contribution in [3.63, 3.8) is 0 Å². The number of alkyl halides is 3. The summed E-state index contributed by atoms with van der Waals surface area (Å²) in [6.07, 6.45) is 0.599. The number of ketones is 1. The Bertz CT molecular complexity index is 920. The van der Waals surface area contributed by atoms with Gasteiger partial charge in [-0.1, -0.05) is 31.2 Å². The molecule has 0 bridgehead atoms. The SMILES string of the molecule is CCOc1ccc(C(C)C(=O)CCc2ccc(OS(=O)(=O)C(F)(F)F)cc2)cc1. The number of hydrogen-bond acceptors (Lipinski definition) is 5. The van der Waals surface area contributed by atoms with Crippen LogP contribution >= 0.6 is 0 Å². The third-order valence-electron chi connectivity index (χ3n) is 4.25. The first-order chi connectivity index (χ1) is 13.5. The van der Waals surface area contributed by atoms with Gasteiger partial charge in [0.1, 0.15) is 17.3 Å². The minimum Gasteiger partial charge on any atom is -0.494 e. The van der Waals surface area contributed by atoms with Gasteiger partial charge in [-0.05, 0) is 48.7 Å². The molecule has 0 heterocycles. The first kappa shape index (κ1) is 22.7. The highest BCUT2D eigenvalue weighted by molar-refractivity contribution is 7.88. The lowest BCUT2D eigenvalue weighted by molar-refractivity contribution is -0.120. The van der Waals surface area contributed by atoms with Crippen molar-refractivity contribution in [3.05, 3.63) is 59.7 Å². The molecule has 0 aliphatic rings. The average molecular weight is 430 g/mol. The summed E-state index contributed by atoms with van der Waals surface area (Å²) in [6, 6.07) is 12.4. The number of Topliss-reactive ketones (excluding diaryl/α,β-unsaturated/α-hetero) is 1. The quantitative estimate of drug-likeness (QED) is 0.429. The van der Waals surface area contributed by atoms with Crippen LogP contribution in [0.15, 0.2) is 48.5 Å². The van der Waals surface area contributed by atoms with Crippen molar-refractivity contribution in [1.29, 1.82) is 0 Å². The Labute approximate surface area is 167 Å². The zero-order valence-corrected chi connectivity index (χ0v) is 16.7. The van der Waals surface area contributed by atoms with Crippen LogP contribution in [0, 0.1) is 0 Å². The molecule has 2 aromatic carbocycles. The summed E-state index contributed by atoms with van der Waals surface area (Å²) in [5.74, 6) is -0.0229. The van der Waals surface area contributed by atoms with Crippen LogP contribution in [0.25, 0.3) is 0 Å². The normalized spacial score (nSPS) is 13.0. The van der Waals surface area contributed by atoms with Gasteiger partial charge in [-0.2, -0.15) is 21.6 Å². The van der Waals surface area contributed by atoms with Crippen LogP contribution < -0.4 is 8.92 Å². The molecule has 0 fully saturated rings. The summed E-state index contributed by atoms with van der Waals surface area (Å²) >= 11 is 0. The van der Waals surface area contributed by atoms with Gasteiger partial charge in [-0.25, -0.2) is 0 Å². The molecule has 0 N–H and O–H groups in total. The topological polar surface area (TPSA) is 69.7 Å². The Morgan fingerprint density at radius 3 is 2.07 bits per heavy atom. The maximum atomic E-state index is 12.4. The third-order valence-corrected chi connectivity index (χ3v) is 5.23. The highest BCUT2D eigenvalue weighted by atomic mass is 32.2. The third kappa shape index (κ3) is 6.22. The lowest BCUT2D eigenvalue weighted by Crippen LogP contribution is -2.28. The lowest BCUT2D eigenvalue weighted by Gasteiger charge is -2.12. The first-order valence-corrected chi connectivity index (χ1v) is 10.3. The number of rotatable bonds is 9. The van der Waals surface area contributed by atoms with Gasteiger partial charge < -0.3 is 8.92 Å². The molecular formula is C20H21F3O5S. The van der Waals surface area contributed by atoms with E-state index in [1.165, 1.54) is 12.1 Å². The molecular weight excluding hydrogens is 409 g/mol. The number of hydrogen-bond donors (Lipinski definition) is 0. The van der Waals surface area contributed by atoms with Crippen molar-refractivity contribution in [2.75, 3.05) is 6.61 Å².